The Labute approximate surface area is 62.8 Å². The van der Waals surface area contributed by atoms with Gasteiger partial charge in [-0.2, -0.15) is 0 Å². The molecule has 0 bridgehead atoms. The summed E-state index contributed by atoms with van der Waals surface area (Å²) in [7, 11) is 0. The second-order valence-corrected chi connectivity index (χ2v) is 3.24. The van der Waals surface area contributed by atoms with Crippen LogP contribution in [0.3, 0.4) is 0 Å². The van der Waals surface area contributed by atoms with Gasteiger partial charge in [-0.25, -0.2) is 0 Å². The standard InChI is InChI=1S/C9H16O/c1-2-8-4-3-5-9(10)7-6-8/h8H,2-7H2,1H3/t8-/m0/s1. The smallest absolute Gasteiger partial charge is 0.132 e. The van der Waals surface area contributed by atoms with Gasteiger partial charge in [-0.15, -0.1) is 0 Å². The van der Waals surface area contributed by atoms with E-state index in [4.69, 9.17) is 0 Å². The average Bonchev–Trinajstić information content (AvgIpc) is 2.14. The molecule has 1 heteroatoms. The molecule has 0 amide bonds. The minimum atomic E-state index is 0.482. The lowest BCUT2D eigenvalue weighted by molar-refractivity contribution is -0.118. The molecule has 1 rings (SSSR count). The van der Waals surface area contributed by atoms with E-state index in [2.05, 4.69) is 6.92 Å². The zero-order valence-electron chi connectivity index (χ0n) is 6.73. The largest absolute Gasteiger partial charge is 0.300 e. The monoisotopic (exact) mass is 140 g/mol. The zero-order chi connectivity index (χ0) is 7.40. The normalized spacial score (nSPS) is 28.1. The maximum absolute atomic E-state index is 10.9. The van der Waals surface area contributed by atoms with Crippen molar-refractivity contribution in [2.24, 2.45) is 5.92 Å². The molecule has 0 spiro atoms. The van der Waals surface area contributed by atoms with E-state index in [1.807, 2.05) is 0 Å². The summed E-state index contributed by atoms with van der Waals surface area (Å²) >= 11 is 0. The Morgan fingerprint density at radius 1 is 1.40 bits per heavy atom. The number of Topliss-reactive ketones (excluding diaryl/α,β-unsaturated/α-hetero) is 1. The molecule has 1 aliphatic carbocycles. The number of carbonyl (C=O) groups is 1. The third-order valence-corrected chi connectivity index (χ3v) is 2.48. The van der Waals surface area contributed by atoms with Gasteiger partial charge >= 0.3 is 0 Å². The maximum atomic E-state index is 10.9. The average molecular weight is 140 g/mol. The molecule has 0 aromatic rings. The van der Waals surface area contributed by atoms with Crippen LogP contribution in [0.2, 0.25) is 0 Å². The fourth-order valence-corrected chi connectivity index (χ4v) is 1.63. The van der Waals surface area contributed by atoms with E-state index in [1.165, 1.54) is 12.8 Å². The lowest BCUT2D eigenvalue weighted by Crippen LogP contribution is -1.96. The lowest BCUT2D eigenvalue weighted by Gasteiger charge is -2.08. The van der Waals surface area contributed by atoms with Crippen LogP contribution in [0.1, 0.15) is 45.4 Å². The van der Waals surface area contributed by atoms with Crippen molar-refractivity contribution in [3.63, 3.8) is 0 Å². The van der Waals surface area contributed by atoms with Gasteiger partial charge in [0.05, 0.1) is 0 Å². The molecule has 0 aromatic heterocycles. The fraction of sp³-hybridized carbons (Fsp3) is 0.889. The predicted octanol–water partition coefficient (Wildman–Crippen LogP) is 2.55. The van der Waals surface area contributed by atoms with Gasteiger partial charge in [0.1, 0.15) is 5.78 Å². The van der Waals surface area contributed by atoms with E-state index in [0.29, 0.717) is 5.78 Å². The highest BCUT2D eigenvalue weighted by Crippen LogP contribution is 2.22. The van der Waals surface area contributed by atoms with Crippen molar-refractivity contribution in [3.8, 4) is 0 Å². The molecule has 1 atom stereocenters. The summed E-state index contributed by atoms with van der Waals surface area (Å²) in [6, 6.07) is 0. The van der Waals surface area contributed by atoms with Crippen molar-refractivity contribution in [3.05, 3.63) is 0 Å². The quantitative estimate of drug-likeness (QED) is 0.511. The molecular weight excluding hydrogens is 124 g/mol. The molecule has 0 heterocycles. The summed E-state index contributed by atoms with van der Waals surface area (Å²) in [6.07, 6.45) is 6.51. The topological polar surface area (TPSA) is 17.1 Å². The molecule has 0 aromatic carbocycles. The van der Waals surface area contributed by atoms with Crippen molar-refractivity contribution >= 4 is 5.78 Å². The molecule has 10 heavy (non-hydrogen) atoms. The molecule has 58 valence electrons. The molecule has 1 aliphatic rings. The molecule has 0 aliphatic heterocycles. The first-order valence-corrected chi connectivity index (χ1v) is 4.34. The van der Waals surface area contributed by atoms with Crippen LogP contribution in [0.4, 0.5) is 0 Å². The summed E-state index contributed by atoms with van der Waals surface area (Å²) < 4.78 is 0. The third kappa shape index (κ3) is 2.13. The van der Waals surface area contributed by atoms with Crippen LogP contribution in [0.25, 0.3) is 0 Å². The van der Waals surface area contributed by atoms with E-state index >= 15 is 0 Å². The first kappa shape index (κ1) is 7.77. The van der Waals surface area contributed by atoms with Gasteiger partial charge < -0.3 is 0 Å². The highest BCUT2D eigenvalue weighted by molar-refractivity contribution is 5.78. The van der Waals surface area contributed by atoms with Gasteiger partial charge in [0.25, 0.3) is 0 Å². The van der Waals surface area contributed by atoms with E-state index in [-0.39, 0.29) is 0 Å². The van der Waals surface area contributed by atoms with Crippen molar-refractivity contribution < 1.29 is 4.79 Å². The van der Waals surface area contributed by atoms with Crippen molar-refractivity contribution in [2.75, 3.05) is 0 Å². The Kier molecular flexibility index (Phi) is 2.91. The SMILES string of the molecule is CC[C@H]1CCCC(=O)CC1. The van der Waals surface area contributed by atoms with Crippen LogP contribution in [0.15, 0.2) is 0 Å². The van der Waals surface area contributed by atoms with Crippen LogP contribution in [0.5, 0.6) is 0 Å². The van der Waals surface area contributed by atoms with Crippen LogP contribution in [0, 0.1) is 5.92 Å². The first-order chi connectivity index (χ1) is 4.83. The highest BCUT2D eigenvalue weighted by Gasteiger charge is 2.13. The summed E-state index contributed by atoms with van der Waals surface area (Å²) in [5.74, 6) is 1.32. The van der Waals surface area contributed by atoms with E-state index in [1.54, 1.807) is 0 Å². The van der Waals surface area contributed by atoms with Crippen LogP contribution in [-0.4, -0.2) is 5.78 Å². The summed E-state index contributed by atoms with van der Waals surface area (Å²) in [5.41, 5.74) is 0. The van der Waals surface area contributed by atoms with Gasteiger partial charge in [-0.3, -0.25) is 4.79 Å². The fourth-order valence-electron chi connectivity index (χ4n) is 1.63. The number of ketones is 1. The van der Waals surface area contributed by atoms with E-state index in [0.717, 1.165) is 31.6 Å². The molecule has 0 radical (unpaired) electrons. The zero-order valence-corrected chi connectivity index (χ0v) is 6.73. The molecule has 0 saturated heterocycles. The van der Waals surface area contributed by atoms with Gasteiger partial charge in [0, 0.05) is 12.8 Å². The van der Waals surface area contributed by atoms with E-state index < -0.39 is 0 Å². The van der Waals surface area contributed by atoms with Crippen molar-refractivity contribution in [2.45, 2.75) is 45.4 Å². The van der Waals surface area contributed by atoms with Crippen LogP contribution in [-0.2, 0) is 4.79 Å². The molecule has 0 N–H and O–H groups in total. The highest BCUT2D eigenvalue weighted by atomic mass is 16.1. The van der Waals surface area contributed by atoms with Gasteiger partial charge in [-0.1, -0.05) is 19.8 Å². The second-order valence-electron chi connectivity index (χ2n) is 3.24. The minimum Gasteiger partial charge on any atom is -0.300 e. The number of carbonyl (C=O) groups excluding carboxylic acids is 1. The molecular formula is C9H16O. The number of hydrogen-bond acceptors (Lipinski definition) is 1. The first-order valence-electron chi connectivity index (χ1n) is 4.34. The van der Waals surface area contributed by atoms with E-state index in [9.17, 15) is 4.79 Å². The third-order valence-electron chi connectivity index (χ3n) is 2.48. The second kappa shape index (κ2) is 3.75. The van der Waals surface area contributed by atoms with Crippen molar-refractivity contribution in [1.29, 1.82) is 0 Å². The van der Waals surface area contributed by atoms with Crippen LogP contribution >= 0.6 is 0 Å². The Morgan fingerprint density at radius 2 is 2.20 bits per heavy atom. The number of rotatable bonds is 1. The summed E-state index contributed by atoms with van der Waals surface area (Å²) in [4.78, 5) is 10.9. The lowest BCUT2D eigenvalue weighted by atomic mass is 9.98. The Hall–Kier alpha value is -0.330. The Morgan fingerprint density at radius 3 is 2.90 bits per heavy atom. The number of hydrogen-bond donors (Lipinski definition) is 0. The Bertz CT molecular complexity index is 118. The van der Waals surface area contributed by atoms with Crippen LogP contribution < -0.4 is 0 Å². The predicted molar refractivity (Wildman–Crippen MR) is 41.9 cm³/mol. The minimum absolute atomic E-state index is 0.482. The molecule has 1 fully saturated rings. The Balaban J connectivity index is 2.33. The maximum Gasteiger partial charge on any atom is 0.132 e. The molecule has 0 unspecified atom stereocenters. The van der Waals surface area contributed by atoms with Gasteiger partial charge in [0.15, 0.2) is 0 Å². The summed E-state index contributed by atoms with van der Waals surface area (Å²) in [6.45, 7) is 2.22. The summed E-state index contributed by atoms with van der Waals surface area (Å²) in [5, 5.41) is 0. The van der Waals surface area contributed by atoms with Gasteiger partial charge in [0.2, 0.25) is 0 Å². The molecule has 1 nitrogen and oxygen atoms in total. The van der Waals surface area contributed by atoms with Crippen molar-refractivity contribution in [1.82, 2.24) is 0 Å². The van der Waals surface area contributed by atoms with Gasteiger partial charge in [-0.05, 0) is 18.8 Å². The molecule has 1 saturated carbocycles.